The van der Waals surface area contributed by atoms with Crippen LogP contribution in [0.3, 0.4) is 0 Å². The lowest BCUT2D eigenvalue weighted by molar-refractivity contribution is 0.625. The molecular weight excluding hydrogens is 255 g/mol. The summed E-state index contributed by atoms with van der Waals surface area (Å²) in [5.41, 5.74) is 6.49. The first-order valence-electron chi connectivity index (χ1n) is 5.36. The lowest BCUT2D eigenvalue weighted by Gasteiger charge is -2.13. The number of hydrogen-bond acceptors (Lipinski definition) is 3. The zero-order valence-electron chi connectivity index (χ0n) is 10.00. The van der Waals surface area contributed by atoms with Gasteiger partial charge in [0.05, 0.1) is 5.69 Å². The molecule has 1 rings (SSSR count). The van der Waals surface area contributed by atoms with Crippen molar-refractivity contribution in [1.29, 1.82) is 0 Å². The monoisotopic (exact) mass is 272 g/mol. The van der Waals surface area contributed by atoms with Crippen molar-refractivity contribution in [2.45, 2.75) is 6.92 Å². The number of thiocarbonyl (C=S) groups is 1. The highest BCUT2D eigenvalue weighted by atomic mass is 32.2. The Morgan fingerprint density at radius 3 is 2.82 bits per heavy atom. The van der Waals surface area contributed by atoms with Gasteiger partial charge in [-0.05, 0) is 36.1 Å². The van der Waals surface area contributed by atoms with Crippen LogP contribution in [0.2, 0.25) is 0 Å². The Kier molecular flexibility index (Phi) is 5.71. The molecule has 0 spiro atoms. The molecule has 0 radical (unpaired) electrons. The number of rotatable bonds is 6. The third-order valence-corrected chi connectivity index (χ3v) is 3.48. The topological polar surface area (TPSA) is 38.0 Å². The Hall–Kier alpha value is -0.810. The molecule has 2 nitrogen and oxygen atoms in total. The van der Waals surface area contributed by atoms with Crippen molar-refractivity contribution in [2.75, 3.05) is 23.9 Å². The number of anilines is 1. The number of thioether (sulfide) groups is 1. The van der Waals surface area contributed by atoms with Crippen LogP contribution in [0.1, 0.15) is 12.5 Å². The van der Waals surface area contributed by atoms with Crippen LogP contribution in [0, 0.1) is 11.7 Å². The van der Waals surface area contributed by atoms with E-state index in [1.165, 1.54) is 6.07 Å². The van der Waals surface area contributed by atoms with Crippen LogP contribution in [0.25, 0.3) is 0 Å². The summed E-state index contributed by atoms with van der Waals surface area (Å²) in [6.07, 6.45) is 2.06. The molecule has 0 aliphatic carbocycles. The molecule has 0 saturated carbocycles. The highest BCUT2D eigenvalue weighted by Crippen LogP contribution is 2.16. The van der Waals surface area contributed by atoms with E-state index in [0.29, 0.717) is 17.2 Å². The average Bonchev–Trinajstić information content (AvgIpc) is 2.27. The van der Waals surface area contributed by atoms with Crippen molar-refractivity contribution < 1.29 is 4.39 Å². The second-order valence-electron chi connectivity index (χ2n) is 4.00. The van der Waals surface area contributed by atoms with E-state index in [1.807, 2.05) is 0 Å². The summed E-state index contributed by atoms with van der Waals surface area (Å²) in [6.45, 7) is 2.88. The van der Waals surface area contributed by atoms with Crippen molar-refractivity contribution in [1.82, 2.24) is 0 Å². The SMILES string of the molecule is CSCC(C)CNc1ccc(C(N)=S)cc1F. The van der Waals surface area contributed by atoms with E-state index in [2.05, 4.69) is 18.5 Å². The number of hydrogen-bond donors (Lipinski definition) is 2. The summed E-state index contributed by atoms with van der Waals surface area (Å²) in [7, 11) is 0. The van der Waals surface area contributed by atoms with Crippen LogP contribution in [-0.2, 0) is 0 Å². The molecule has 0 heterocycles. The van der Waals surface area contributed by atoms with Crippen molar-refractivity contribution >= 4 is 34.7 Å². The van der Waals surface area contributed by atoms with E-state index in [9.17, 15) is 4.39 Å². The predicted molar refractivity (Wildman–Crippen MR) is 78.3 cm³/mol. The zero-order chi connectivity index (χ0) is 12.8. The summed E-state index contributed by atoms with van der Waals surface area (Å²) in [5.74, 6) is 1.24. The number of benzene rings is 1. The summed E-state index contributed by atoms with van der Waals surface area (Å²) < 4.78 is 13.7. The molecule has 0 aliphatic heterocycles. The molecular formula is C12H17FN2S2. The van der Waals surface area contributed by atoms with Crippen molar-refractivity contribution in [3.05, 3.63) is 29.6 Å². The lowest BCUT2D eigenvalue weighted by atomic mass is 10.1. The second kappa shape index (κ2) is 6.81. The Bertz CT molecular complexity index is 396. The summed E-state index contributed by atoms with van der Waals surface area (Å²) in [6, 6.07) is 4.77. The molecule has 94 valence electrons. The molecule has 1 unspecified atom stereocenters. The third-order valence-electron chi connectivity index (χ3n) is 2.35. The minimum atomic E-state index is -0.313. The summed E-state index contributed by atoms with van der Waals surface area (Å²) in [4.78, 5) is 0.214. The molecule has 1 aromatic carbocycles. The molecule has 0 amide bonds. The minimum Gasteiger partial charge on any atom is -0.389 e. The van der Waals surface area contributed by atoms with Gasteiger partial charge in [-0.15, -0.1) is 0 Å². The molecule has 0 saturated heterocycles. The van der Waals surface area contributed by atoms with Gasteiger partial charge in [0.2, 0.25) is 0 Å². The molecule has 3 N–H and O–H groups in total. The Morgan fingerprint density at radius 2 is 2.29 bits per heavy atom. The van der Waals surface area contributed by atoms with Gasteiger partial charge in [-0.25, -0.2) is 4.39 Å². The lowest BCUT2D eigenvalue weighted by Crippen LogP contribution is -2.15. The number of nitrogens with one attached hydrogen (secondary N) is 1. The Labute approximate surface area is 111 Å². The number of halogens is 1. The van der Waals surface area contributed by atoms with Crippen LogP contribution in [0.4, 0.5) is 10.1 Å². The molecule has 1 aromatic rings. The van der Waals surface area contributed by atoms with Crippen molar-refractivity contribution in [3.63, 3.8) is 0 Å². The fraction of sp³-hybridized carbons (Fsp3) is 0.417. The van der Waals surface area contributed by atoms with Gasteiger partial charge in [0.15, 0.2) is 0 Å². The van der Waals surface area contributed by atoms with Gasteiger partial charge in [0.25, 0.3) is 0 Å². The first kappa shape index (κ1) is 14.3. The van der Waals surface area contributed by atoms with Crippen LogP contribution < -0.4 is 11.1 Å². The quantitative estimate of drug-likeness (QED) is 0.781. The Balaban J connectivity index is 2.63. The maximum Gasteiger partial charge on any atom is 0.146 e. The van der Waals surface area contributed by atoms with Crippen LogP contribution >= 0.6 is 24.0 Å². The normalized spacial score (nSPS) is 12.2. The molecule has 1 atom stereocenters. The van der Waals surface area contributed by atoms with Gasteiger partial charge in [-0.2, -0.15) is 11.8 Å². The van der Waals surface area contributed by atoms with Crippen LogP contribution in [0.15, 0.2) is 18.2 Å². The standard InChI is InChI=1S/C12H17FN2S2/c1-8(7-17-2)6-15-11-4-3-9(12(14)16)5-10(11)13/h3-5,8,15H,6-7H2,1-2H3,(H2,14,16). The second-order valence-corrected chi connectivity index (χ2v) is 5.35. The predicted octanol–water partition coefficient (Wildman–Crippen LogP) is 2.87. The van der Waals surface area contributed by atoms with Gasteiger partial charge < -0.3 is 11.1 Å². The fourth-order valence-corrected chi connectivity index (χ4v) is 2.25. The molecule has 0 bridgehead atoms. The van der Waals surface area contributed by atoms with Gasteiger partial charge in [0.1, 0.15) is 10.8 Å². The highest BCUT2D eigenvalue weighted by molar-refractivity contribution is 7.98. The maximum absolute atomic E-state index is 13.7. The molecule has 17 heavy (non-hydrogen) atoms. The Morgan fingerprint density at radius 1 is 1.59 bits per heavy atom. The van der Waals surface area contributed by atoms with E-state index < -0.39 is 0 Å². The summed E-state index contributed by atoms with van der Waals surface area (Å²) in [5, 5.41) is 3.09. The van der Waals surface area contributed by atoms with Gasteiger partial charge in [0, 0.05) is 12.1 Å². The van der Waals surface area contributed by atoms with E-state index >= 15 is 0 Å². The van der Waals surface area contributed by atoms with Gasteiger partial charge in [-0.3, -0.25) is 0 Å². The minimum absolute atomic E-state index is 0.214. The van der Waals surface area contributed by atoms with E-state index in [1.54, 1.807) is 23.9 Å². The van der Waals surface area contributed by atoms with Crippen molar-refractivity contribution in [2.24, 2.45) is 11.7 Å². The first-order chi connectivity index (χ1) is 8.04. The molecule has 0 fully saturated rings. The van der Waals surface area contributed by atoms with Crippen molar-refractivity contribution in [3.8, 4) is 0 Å². The molecule has 0 aromatic heterocycles. The van der Waals surface area contributed by atoms with Gasteiger partial charge in [-0.1, -0.05) is 19.1 Å². The van der Waals surface area contributed by atoms with E-state index in [-0.39, 0.29) is 10.8 Å². The average molecular weight is 272 g/mol. The highest BCUT2D eigenvalue weighted by Gasteiger charge is 2.06. The number of nitrogens with two attached hydrogens (primary N) is 1. The smallest absolute Gasteiger partial charge is 0.146 e. The van der Waals surface area contributed by atoms with E-state index in [0.717, 1.165) is 12.3 Å². The van der Waals surface area contributed by atoms with Crippen LogP contribution in [-0.4, -0.2) is 23.5 Å². The maximum atomic E-state index is 13.7. The largest absolute Gasteiger partial charge is 0.389 e. The first-order valence-corrected chi connectivity index (χ1v) is 7.17. The molecule has 5 heteroatoms. The molecule has 0 aliphatic rings. The van der Waals surface area contributed by atoms with Crippen LogP contribution in [0.5, 0.6) is 0 Å². The third kappa shape index (κ3) is 4.52. The van der Waals surface area contributed by atoms with E-state index in [4.69, 9.17) is 18.0 Å². The summed E-state index contributed by atoms with van der Waals surface area (Å²) >= 11 is 6.58. The fourth-order valence-electron chi connectivity index (χ4n) is 1.44. The zero-order valence-corrected chi connectivity index (χ0v) is 11.6. The van der Waals surface area contributed by atoms with Gasteiger partial charge >= 0.3 is 0 Å².